The van der Waals surface area contributed by atoms with Crippen LogP contribution in [0, 0.1) is 0 Å². The lowest BCUT2D eigenvalue weighted by Crippen LogP contribution is -2.17. The Balaban J connectivity index is 1.88. The summed E-state index contributed by atoms with van der Waals surface area (Å²) in [5, 5.41) is 6.11. The van der Waals surface area contributed by atoms with Gasteiger partial charge in [-0.1, -0.05) is 38.1 Å². The molecule has 0 unspecified atom stereocenters. The summed E-state index contributed by atoms with van der Waals surface area (Å²) < 4.78 is 4.70. The van der Waals surface area contributed by atoms with Crippen molar-refractivity contribution in [2.45, 2.75) is 26.2 Å². The molecular weight excluding hydrogens is 316 g/mol. The Morgan fingerprint density at radius 2 is 1.84 bits per heavy atom. The summed E-state index contributed by atoms with van der Waals surface area (Å²) in [5.41, 5.74) is 3.23. The highest BCUT2D eigenvalue weighted by molar-refractivity contribution is 5.92. The topological polar surface area (TPSA) is 67.4 Å². The van der Waals surface area contributed by atoms with E-state index in [1.807, 2.05) is 30.3 Å². The van der Waals surface area contributed by atoms with Crippen LogP contribution in [0.3, 0.4) is 0 Å². The van der Waals surface area contributed by atoms with Crippen molar-refractivity contribution in [1.82, 2.24) is 0 Å². The van der Waals surface area contributed by atoms with Gasteiger partial charge >= 0.3 is 5.97 Å². The first-order valence-corrected chi connectivity index (χ1v) is 8.32. The van der Waals surface area contributed by atoms with Crippen molar-refractivity contribution in [3.05, 3.63) is 59.7 Å². The minimum atomic E-state index is -0.383. The van der Waals surface area contributed by atoms with E-state index in [1.165, 1.54) is 7.11 Å². The predicted molar refractivity (Wildman–Crippen MR) is 100 cm³/mol. The third kappa shape index (κ3) is 5.35. The van der Waals surface area contributed by atoms with Crippen LogP contribution >= 0.6 is 0 Å². The van der Waals surface area contributed by atoms with Gasteiger partial charge in [-0.15, -0.1) is 0 Å². The SMILES string of the molecule is COC(=O)c1cccc(NCCC(=O)Nc2ccccc2C(C)C)c1. The summed E-state index contributed by atoms with van der Waals surface area (Å²) in [4.78, 5) is 23.7. The number of amides is 1. The number of hydrogen-bond donors (Lipinski definition) is 2. The zero-order valence-electron chi connectivity index (χ0n) is 14.8. The number of benzene rings is 2. The molecule has 0 aromatic heterocycles. The molecule has 0 bridgehead atoms. The molecule has 0 radical (unpaired) electrons. The molecule has 0 aliphatic rings. The second-order valence-corrected chi connectivity index (χ2v) is 6.04. The molecule has 5 nitrogen and oxygen atoms in total. The van der Waals surface area contributed by atoms with E-state index in [0.29, 0.717) is 24.4 Å². The van der Waals surface area contributed by atoms with Gasteiger partial charge in [0.15, 0.2) is 0 Å². The highest BCUT2D eigenvalue weighted by atomic mass is 16.5. The van der Waals surface area contributed by atoms with Crippen LogP contribution in [0.2, 0.25) is 0 Å². The van der Waals surface area contributed by atoms with Gasteiger partial charge in [0.2, 0.25) is 5.91 Å². The summed E-state index contributed by atoms with van der Waals surface area (Å²) in [6.07, 6.45) is 0.328. The fourth-order valence-electron chi connectivity index (χ4n) is 2.52. The Morgan fingerprint density at radius 1 is 1.08 bits per heavy atom. The van der Waals surface area contributed by atoms with Crippen molar-refractivity contribution in [1.29, 1.82) is 0 Å². The van der Waals surface area contributed by atoms with E-state index in [4.69, 9.17) is 4.74 Å². The Bertz CT molecular complexity index is 741. The molecule has 0 aliphatic heterocycles. The molecule has 1 amide bonds. The fraction of sp³-hybridized carbons (Fsp3) is 0.300. The smallest absolute Gasteiger partial charge is 0.337 e. The van der Waals surface area contributed by atoms with Crippen LogP contribution in [0.25, 0.3) is 0 Å². The Kier molecular flexibility index (Phi) is 6.57. The molecule has 0 saturated heterocycles. The molecule has 0 atom stereocenters. The summed E-state index contributed by atoms with van der Waals surface area (Å²) in [6, 6.07) is 14.8. The van der Waals surface area contributed by atoms with Crippen molar-refractivity contribution in [3.8, 4) is 0 Å². The fourth-order valence-corrected chi connectivity index (χ4v) is 2.52. The molecule has 5 heteroatoms. The quantitative estimate of drug-likeness (QED) is 0.747. The van der Waals surface area contributed by atoms with Gasteiger partial charge in [0.05, 0.1) is 12.7 Å². The number of para-hydroxylation sites is 1. The lowest BCUT2D eigenvalue weighted by Gasteiger charge is -2.14. The lowest BCUT2D eigenvalue weighted by molar-refractivity contribution is -0.115. The molecule has 2 aromatic carbocycles. The Morgan fingerprint density at radius 3 is 2.56 bits per heavy atom. The summed E-state index contributed by atoms with van der Waals surface area (Å²) in [7, 11) is 1.35. The normalized spacial score (nSPS) is 10.4. The van der Waals surface area contributed by atoms with E-state index in [2.05, 4.69) is 24.5 Å². The first kappa shape index (κ1) is 18.5. The largest absolute Gasteiger partial charge is 0.465 e. The summed E-state index contributed by atoms with van der Waals surface area (Å²) in [5.74, 6) is -0.0907. The predicted octanol–water partition coefficient (Wildman–Crippen LogP) is 4.04. The number of ether oxygens (including phenoxy) is 1. The number of hydrogen-bond acceptors (Lipinski definition) is 4. The molecule has 0 spiro atoms. The van der Waals surface area contributed by atoms with Gasteiger partial charge < -0.3 is 15.4 Å². The second-order valence-electron chi connectivity index (χ2n) is 6.04. The van der Waals surface area contributed by atoms with Gasteiger partial charge in [0.1, 0.15) is 0 Å². The Hall–Kier alpha value is -2.82. The van der Waals surface area contributed by atoms with Gasteiger partial charge in [-0.3, -0.25) is 4.79 Å². The van der Waals surface area contributed by atoms with Gasteiger partial charge in [0, 0.05) is 24.3 Å². The number of esters is 1. The van der Waals surface area contributed by atoms with Crippen LogP contribution < -0.4 is 10.6 Å². The maximum atomic E-state index is 12.2. The minimum Gasteiger partial charge on any atom is -0.465 e. The van der Waals surface area contributed by atoms with E-state index in [-0.39, 0.29) is 11.9 Å². The monoisotopic (exact) mass is 340 g/mol. The molecule has 2 aromatic rings. The van der Waals surface area contributed by atoms with Gasteiger partial charge in [0.25, 0.3) is 0 Å². The molecule has 2 rings (SSSR count). The molecule has 0 saturated carbocycles. The van der Waals surface area contributed by atoms with Crippen LogP contribution in [0.4, 0.5) is 11.4 Å². The number of carbonyl (C=O) groups excluding carboxylic acids is 2. The third-order valence-electron chi connectivity index (χ3n) is 3.82. The molecule has 0 heterocycles. The first-order chi connectivity index (χ1) is 12.0. The zero-order chi connectivity index (χ0) is 18.2. The molecule has 2 N–H and O–H groups in total. The van der Waals surface area contributed by atoms with Crippen molar-refractivity contribution in [3.63, 3.8) is 0 Å². The number of carbonyl (C=O) groups is 2. The molecule has 0 aliphatic carbocycles. The number of methoxy groups -OCH3 is 1. The van der Waals surface area contributed by atoms with Crippen LogP contribution in [0.15, 0.2) is 48.5 Å². The van der Waals surface area contributed by atoms with Crippen molar-refractivity contribution < 1.29 is 14.3 Å². The molecule has 25 heavy (non-hydrogen) atoms. The van der Waals surface area contributed by atoms with Gasteiger partial charge in [-0.25, -0.2) is 4.79 Å². The lowest BCUT2D eigenvalue weighted by atomic mass is 10.0. The standard InChI is InChI=1S/C20H24N2O3/c1-14(2)17-9-4-5-10-18(17)22-19(23)11-12-21-16-8-6-7-15(13-16)20(24)25-3/h4-10,13-14,21H,11-12H2,1-3H3,(H,22,23). The van der Waals surface area contributed by atoms with Gasteiger partial charge in [-0.2, -0.15) is 0 Å². The van der Waals surface area contributed by atoms with E-state index in [0.717, 1.165) is 16.9 Å². The Labute approximate surface area is 148 Å². The van der Waals surface area contributed by atoms with Crippen molar-refractivity contribution >= 4 is 23.3 Å². The van der Waals surface area contributed by atoms with Crippen molar-refractivity contribution in [2.24, 2.45) is 0 Å². The average molecular weight is 340 g/mol. The highest BCUT2D eigenvalue weighted by Gasteiger charge is 2.09. The van der Waals surface area contributed by atoms with Crippen LogP contribution in [-0.2, 0) is 9.53 Å². The minimum absolute atomic E-state index is 0.0512. The molecular formula is C20H24N2O3. The maximum absolute atomic E-state index is 12.2. The number of anilines is 2. The number of nitrogens with one attached hydrogen (secondary N) is 2. The van der Waals surface area contributed by atoms with E-state index < -0.39 is 0 Å². The van der Waals surface area contributed by atoms with E-state index in [9.17, 15) is 9.59 Å². The van der Waals surface area contributed by atoms with Crippen molar-refractivity contribution in [2.75, 3.05) is 24.3 Å². The summed E-state index contributed by atoms with van der Waals surface area (Å²) in [6.45, 7) is 4.67. The summed E-state index contributed by atoms with van der Waals surface area (Å²) >= 11 is 0. The zero-order valence-corrected chi connectivity index (χ0v) is 14.8. The van der Waals surface area contributed by atoms with E-state index >= 15 is 0 Å². The van der Waals surface area contributed by atoms with Crippen LogP contribution in [0.1, 0.15) is 42.1 Å². The van der Waals surface area contributed by atoms with Crippen LogP contribution in [-0.4, -0.2) is 25.5 Å². The highest BCUT2D eigenvalue weighted by Crippen LogP contribution is 2.23. The molecule has 0 fully saturated rings. The third-order valence-corrected chi connectivity index (χ3v) is 3.82. The number of rotatable bonds is 7. The second kappa shape index (κ2) is 8.87. The van der Waals surface area contributed by atoms with Crippen LogP contribution in [0.5, 0.6) is 0 Å². The van der Waals surface area contributed by atoms with E-state index in [1.54, 1.807) is 18.2 Å². The van der Waals surface area contributed by atoms with Gasteiger partial charge in [-0.05, 0) is 35.7 Å². The maximum Gasteiger partial charge on any atom is 0.337 e. The average Bonchev–Trinajstić information content (AvgIpc) is 2.61. The molecule has 132 valence electrons. The first-order valence-electron chi connectivity index (χ1n) is 8.32.